The van der Waals surface area contributed by atoms with Gasteiger partial charge in [0, 0.05) is 24.7 Å². The van der Waals surface area contributed by atoms with Crippen molar-refractivity contribution in [2.75, 3.05) is 17.2 Å². The summed E-state index contributed by atoms with van der Waals surface area (Å²) in [6, 6.07) is 9.73. The Morgan fingerprint density at radius 1 is 1.26 bits per heavy atom. The van der Waals surface area contributed by atoms with Crippen LogP contribution in [0.15, 0.2) is 34.9 Å². The smallest absolute Gasteiger partial charge is 0.227 e. The van der Waals surface area contributed by atoms with Gasteiger partial charge in [-0.1, -0.05) is 22.9 Å². The topological polar surface area (TPSA) is 67.2 Å². The minimum atomic E-state index is -0.0899. The van der Waals surface area contributed by atoms with Crippen molar-refractivity contribution >= 4 is 17.4 Å². The maximum atomic E-state index is 11.6. The first-order valence-corrected chi connectivity index (χ1v) is 6.17. The number of aryl methyl sites for hydroxylation is 2. The Morgan fingerprint density at radius 3 is 2.63 bits per heavy atom. The lowest BCUT2D eigenvalue weighted by molar-refractivity contribution is -0.116. The van der Waals surface area contributed by atoms with Crippen molar-refractivity contribution in [1.82, 2.24) is 5.16 Å². The van der Waals surface area contributed by atoms with E-state index in [1.54, 1.807) is 13.0 Å². The summed E-state index contributed by atoms with van der Waals surface area (Å²) >= 11 is 0. The minimum absolute atomic E-state index is 0.0899. The van der Waals surface area contributed by atoms with E-state index in [2.05, 4.69) is 15.8 Å². The number of benzene rings is 1. The first-order valence-electron chi connectivity index (χ1n) is 6.17. The van der Waals surface area contributed by atoms with Crippen molar-refractivity contribution in [2.24, 2.45) is 0 Å². The zero-order chi connectivity index (χ0) is 13.7. The summed E-state index contributed by atoms with van der Waals surface area (Å²) < 4.78 is 4.87. The molecule has 1 amide bonds. The van der Waals surface area contributed by atoms with Gasteiger partial charge in [0.1, 0.15) is 5.76 Å². The highest BCUT2D eigenvalue weighted by Crippen LogP contribution is 2.09. The number of carbonyl (C=O) groups excluding carboxylic acids is 1. The largest absolute Gasteiger partial charge is 0.385 e. The molecule has 2 aromatic rings. The van der Waals surface area contributed by atoms with Gasteiger partial charge in [-0.25, -0.2) is 0 Å². The predicted molar refractivity (Wildman–Crippen MR) is 74.2 cm³/mol. The van der Waals surface area contributed by atoms with Crippen molar-refractivity contribution in [3.8, 4) is 0 Å². The van der Waals surface area contributed by atoms with Gasteiger partial charge in [-0.05, 0) is 26.0 Å². The monoisotopic (exact) mass is 259 g/mol. The molecule has 0 radical (unpaired) electrons. The van der Waals surface area contributed by atoms with Crippen LogP contribution in [0, 0.1) is 13.8 Å². The van der Waals surface area contributed by atoms with Crippen molar-refractivity contribution in [1.29, 1.82) is 0 Å². The Labute approximate surface area is 112 Å². The lowest BCUT2D eigenvalue weighted by atomic mass is 10.2. The Bertz CT molecular complexity index is 546. The van der Waals surface area contributed by atoms with E-state index in [1.807, 2.05) is 31.2 Å². The molecule has 5 heteroatoms. The van der Waals surface area contributed by atoms with E-state index in [1.165, 1.54) is 5.56 Å². The van der Waals surface area contributed by atoms with E-state index < -0.39 is 0 Å². The molecule has 2 rings (SSSR count). The predicted octanol–water partition coefficient (Wildman–Crippen LogP) is 2.73. The van der Waals surface area contributed by atoms with Gasteiger partial charge in [0.05, 0.1) is 0 Å². The minimum Gasteiger partial charge on any atom is -0.385 e. The highest BCUT2D eigenvalue weighted by atomic mass is 16.5. The average Bonchev–Trinajstić information content (AvgIpc) is 2.77. The van der Waals surface area contributed by atoms with E-state index in [4.69, 9.17) is 4.52 Å². The van der Waals surface area contributed by atoms with E-state index in [-0.39, 0.29) is 5.91 Å². The van der Waals surface area contributed by atoms with Gasteiger partial charge in [0.2, 0.25) is 5.91 Å². The summed E-state index contributed by atoms with van der Waals surface area (Å²) in [4.78, 5) is 11.6. The van der Waals surface area contributed by atoms with Gasteiger partial charge in [0.15, 0.2) is 5.82 Å². The number of nitrogens with zero attached hydrogens (tertiary/aromatic N) is 1. The fourth-order valence-corrected chi connectivity index (χ4v) is 1.62. The normalized spacial score (nSPS) is 10.2. The Balaban J connectivity index is 1.73. The molecule has 0 spiro atoms. The number of amides is 1. The van der Waals surface area contributed by atoms with Gasteiger partial charge >= 0.3 is 0 Å². The number of anilines is 2. The molecule has 0 saturated heterocycles. The fraction of sp³-hybridized carbons (Fsp3) is 0.286. The van der Waals surface area contributed by atoms with E-state index >= 15 is 0 Å². The summed E-state index contributed by atoms with van der Waals surface area (Å²) in [5.41, 5.74) is 2.22. The fourth-order valence-electron chi connectivity index (χ4n) is 1.62. The van der Waals surface area contributed by atoms with Gasteiger partial charge < -0.3 is 15.2 Å². The molecular formula is C14H17N3O2. The number of aromatic nitrogens is 1. The van der Waals surface area contributed by atoms with Gasteiger partial charge in [0.25, 0.3) is 0 Å². The zero-order valence-corrected chi connectivity index (χ0v) is 11.1. The number of rotatable bonds is 5. The van der Waals surface area contributed by atoms with Crippen LogP contribution in [-0.4, -0.2) is 17.6 Å². The van der Waals surface area contributed by atoms with Crippen LogP contribution in [0.2, 0.25) is 0 Å². The molecule has 1 aromatic heterocycles. The summed E-state index contributed by atoms with van der Waals surface area (Å²) in [5.74, 6) is 1.04. The lowest BCUT2D eigenvalue weighted by Crippen LogP contribution is -2.16. The molecule has 0 fully saturated rings. The Hall–Kier alpha value is -2.30. The van der Waals surface area contributed by atoms with Crippen LogP contribution in [0.3, 0.4) is 0 Å². The summed E-state index contributed by atoms with van der Waals surface area (Å²) in [6.45, 7) is 4.39. The van der Waals surface area contributed by atoms with Crippen LogP contribution in [0.1, 0.15) is 17.7 Å². The highest BCUT2D eigenvalue weighted by molar-refractivity contribution is 5.89. The molecule has 19 heavy (non-hydrogen) atoms. The van der Waals surface area contributed by atoms with E-state index in [0.717, 1.165) is 5.69 Å². The molecule has 0 unspecified atom stereocenters. The summed E-state index contributed by atoms with van der Waals surface area (Å²) in [7, 11) is 0. The molecule has 0 atom stereocenters. The van der Waals surface area contributed by atoms with E-state index in [9.17, 15) is 4.79 Å². The summed E-state index contributed by atoms with van der Waals surface area (Å²) in [5, 5.41) is 9.57. The van der Waals surface area contributed by atoms with Gasteiger partial charge in [-0.15, -0.1) is 0 Å². The second kappa shape index (κ2) is 6.04. The van der Waals surface area contributed by atoms with Crippen molar-refractivity contribution in [2.45, 2.75) is 20.3 Å². The van der Waals surface area contributed by atoms with Gasteiger partial charge in [-0.2, -0.15) is 0 Å². The van der Waals surface area contributed by atoms with Crippen molar-refractivity contribution in [3.63, 3.8) is 0 Å². The second-order valence-corrected chi connectivity index (χ2v) is 4.41. The molecule has 1 aromatic carbocycles. The number of carbonyl (C=O) groups is 1. The first kappa shape index (κ1) is 13.1. The van der Waals surface area contributed by atoms with Crippen LogP contribution in [0.25, 0.3) is 0 Å². The molecule has 0 saturated carbocycles. The molecule has 0 aliphatic carbocycles. The standard InChI is InChI=1S/C14H17N3O2/c1-10-3-5-12(6-4-10)15-8-7-14(18)16-13-9-11(2)19-17-13/h3-6,9,15H,7-8H2,1-2H3,(H,16,17,18). The van der Waals surface area contributed by atoms with Crippen LogP contribution in [0.5, 0.6) is 0 Å². The molecule has 100 valence electrons. The molecule has 0 bridgehead atoms. The lowest BCUT2D eigenvalue weighted by Gasteiger charge is -2.06. The molecular weight excluding hydrogens is 242 g/mol. The number of hydrogen-bond acceptors (Lipinski definition) is 4. The van der Waals surface area contributed by atoms with Crippen LogP contribution >= 0.6 is 0 Å². The van der Waals surface area contributed by atoms with Crippen LogP contribution in [0.4, 0.5) is 11.5 Å². The molecule has 2 N–H and O–H groups in total. The Kier molecular flexibility index (Phi) is 4.18. The third-order valence-electron chi connectivity index (χ3n) is 2.63. The third kappa shape index (κ3) is 4.13. The molecule has 5 nitrogen and oxygen atoms in total. The third-order valence-corrected chi connectivity index (χ3v) is 2.63. The number of nitrogens with one attached hydrogen (secondary N) is 2. The quantitative estimate of drug-likeness (QED) is 0.866. The zero-order valence-electron chi connectivity index (χ0n) is 11.1. The Morgan fingerprint density at radius 2 is 2.00 bits per heavy atom. The molecule has 1 heterocycles. The molecule has 0 aliphatic heterocycles. The maximum Gasteiger partial charge on any atom is 0.227 e. The average molecular weight is 259 g/mol. The highest BCUT2D eigenvalue weighted by Gasteiger charge is 2.05. The van der Waals surface area contributed by atoms with Crippen molar-refractivity contribution < 1.29 is 9.32 Å². The summed E-state index contributed by atoms with van der Waals surface area (Å²) in [6.07, 6.45) is 0.375. The number of hydrogen-bond donors (Lipinski definition) is 2. The van der Waals surface area contributed by atoms with Crippen molar-refractivity contribution in [3.05, 3.63) is 41.7 Å². The molecule has 0 aliphatic rings. The van der Waals surface area contributed by atoms with Crippen LogP contribution in [-0.2, 0) is 4.79 Å². The van der Waals surface area contributed by atoms with Gasteiger partial charge in [-0.3, -0.25) is 4.79 Å². The maximum absolute atomic E-state index is 11.6. The SMILES string of the molecule is Cc1ccc(NCCC(=O)Nc2cc(C)on2)cc1. The second-order valence-electron chi connectivity index (χ2n) is 4.41. The van der Waals surface area contributed by atoms with E-state index in [0.29, 0.717) is 24.5 Å². The first-order chi connectivity index (χ1) is 9.13. The van der Waals surface area contributed by atoms with Crippen LogP contribution < -0.4 is 10.6 Å².